The Morgan fingerprint density at radius 2 is 2.21 bits per heavy atom. The second-order valence-electron chi connectivity index (χ2n) is 5.76. The molecule has 1 aromatic heterocycles. The van der Waals surface area contributed by atoms with Gasteiger partial charge in [-0.2, -0.15) is 0 Å². The van der Waals surface area contributed by atoms with Crippen molar-refractivity contribution < 1.29 is 0 Å². The standard InChI is InChI=1S/C15H20ClN3/c1-9(2)19-13-8-11(16)4-5-12(13)18-15(19)14-10(3)6-7-17-14/h4-5,8-10,14,17H,6-7H2,1-3H3. The van der Waals surface area contributed by atoms with Gasteiger partial charge in [-0.1, -0.05) is 18.5 Å². The number of nitrogens with one attached hydrogen (secondary N) is 1. The number of nitrogens with zero attached hydrogens (tertiary/aromatic N) is 2. The molecule has 1 aromatic carbocycles. The summed E-state index contributed by atoms with van der Waals surface area (Å²) in [7, 11) is 0. The molecule has 1 saturated heterocycles. The van der Waals surface area contributed by atoms with Gasteiger partial charge in [0.25, 0.3) is 0 Å². The topological polar surface area (TPSA) is 29.9 Å². The van der Waals surface area contributed by atoms with Gasteiger partial charge in [0.05, 0.1) is 17.1 Å². The summed E-state index contributed by atoms with van der Waals surface area (Å²) in [6.45, 7) is 7.77. The van der Waals surface area contributed by atoms with Gasteiger partial charge in [0.1, 0.15) is 5.82 Å². The van der Waals surface area contributed by atoms with Crippen molar-refractivity contribution in [2.45, 2.75) is 39.3 Å². The monoisotopic (exact) mass is 277 g/mol. The van der Waals surface area contributed by atoms with Crippen LogP contribution >= 0.6 is 11.6 Å². The summed E-state index contributed by atoms with van der Waals surface area (Å²) in [6.07, 6.45) is 1.22. The van der Waals surface area contributed by atoms with E-state index < -0.39 is 0 Å². The highest BCUT2D eigenvalue weighted by molar-refractivity contribution is 6.31. The van der Waals surface area contributed by atoms with E-state index in [2.05, 4.69) is 30.7 Å². The minimum atomic E-state index is 0.355. The molecule has 2 atom stereocenters. The number of rotatable bonds is 2. The summed E-state index contributed by atoms with van der Waals surface area (Å²) >= 11 is 6.14. The van der Waals surface area contributed by atoms with Gasteiger partial charge in [-0.3, -0.25) is 0 Å². The quantitative estimate of drug-likeness (QED) is 0.901. The molecule has 2 unspecified atom stereocenters. The fourth-order valence-electron chi connectivity index (χ4n) is 3.03. The number of hydrogen-bond acceptors (Lipinski definition) is 2. The first kappa shape index (κ1) is 12.9. The van der Waals surface area contributed by atoms with Gasteiger partial charge in [-0.05, 0) is 50.9 Å². The first-order valence-electron chi connectivity index (χ1n) is 6.98. The molecular formula is C15H20ClN3. The van der Waals surface area contributed by atoms with Crippen LogP contribution in [0.25, 0.3) is 11.0 Å². The van der Waals surface area contributed by atoms with Crippen molar-refractivity contribution >= 4 is 22.6 Å². The zero-order valence-electron chi connectivity index (χ0n) is 11.7. The van der Waals surface area contributed by atoms with E-state index in [0.29, 0.717) is 18.0 Å². The molecule has 102 valence electrons. The number of imidazole rings is 1. The molecule has 1 N–H and O–H groups in total. The molecule has 0 saturated carbocycles. The summed E-state index contributed by atoms with van der Waals surface area (Å²) in [5, 5.41) is 4.35. The summed E-state index contributed by atoms with van der Waals surface area (Å²) in [4.78, 5) is 4.85. The highest BCUT2D eigenvalue weighted by Gasteiger charge is 2.29. The summed E-state index contributed by atoms with van der Waals surface area (Å²) in [5.74, 6) is 1.78. The normalized spacial score (nSPS) is 23.6. The van der Waals surface area contributed by atoms with E-state index in [1.54, 1.807) is 0 Å². The van der Waals surface area contributed by atoms with Crippen molar-refractivity contribution in [3.8, 4) is 0 Å². The van der Waals surface area contributed by atoms with Crippen molar-refractivity contribution in [3.05, 3.63) is 29.0 Å². The van der Waals surface area contributed by atoms with Crippen LogP contribution in [-0.4, -0.2) is 16.1 Å². The van der Waals surface area contributed by atoms with E-state index >= 15 is 0 Å². The molecule has 3 rings (SSSR count). The van der Waals surface area contributed by atoms with Crippen LogP contribution in [0.5, 0.6) is 0 Å². The number of hydrogen-bond donors (Lipinski definition) is 1. The third kappa shape index (κ3) is 2.15. The van der Waals surface area contributed by atoms with Crippen molar-refractivity contribution in [1.29, 1.82) is 0 Å². The lowest BCUT2D eigenvalue weighted by atomic mass is 10.0. The third-order valence-corrected chi connectivity index (χ3v) is 4.24. The van der Waals surface area contributed by atoms with E-state index in [1.165, 1.54) is 6.42 Å². The minimum Gasteiger partial charge on any atom is -0.324 e. The molecule has 0 amide bonds. The molecule has 2 heterocycles. The van der Waals surface area contributed by atoms with Crippen molar-refractivity contribution in [2.24, 2.45) is 5.92 Å². The largest absolute Gasteiger partial charge is 0.324 e. The molecular weight excluding hydrogens is 258 g/mol. The van der Waals surface area contributed by atoms with Crippen molar-refractivity contribution in [3.63, 3.8) is 0 Å². The van der Waals surface area contributed by atoms with Gasteiger partial charge in [0.15, 0.2) is 0 Å². The van der Waals surface area contributed by atoms with Crippen LogP contribution in [0.3, 0.4) is 0 Å². The maximum atomic E-state index is 6.14. The van der Waals surface area contributed by atoms with Gasteiger partial charge in [-0.15, -0.1) is 0 Å². The molecule has 4 heteroatoms. The molecule has 0 radical (unpaired) electrons. The lowest BCUT2D eigenvalue weighted by Gasteiger charge is -2.20. The maximum Gasteiger partial charge on any atom is 0.127 e. The summed E-state index contributed by atoms with van der Waals surface area (Å²) in [6, 6.07) is 6.69. The number of halogens is 1. The Kier molecular flexibility index (Phi) is 3.27. The SMILES string of the molecule is CC1CCNC1c1nc2ccc(Cl)cc2n1C(C)C. The van der Waals surface area contributed by atoms with E-state index in [4.69, 9.17) is 16.6 Å². The van der Waals surface area contributed by atoms with Crippen LogP contribution in [-0.2, 0) is 0 Å². The molecule has 1 aliphatic rings. The predicted molar refractivity (Wildman–Crippen MR) is 79.7 cm³/mol. The Bertz CT molecular complexity index is 603. The Hall–Kier alpha value is -1.06. The number of benzene rings is 1. The number of fused-ring (bicyclic) bond motifs is 1. The van der Waals surface area contributed by atoms with Crippen molar-refractivity contribution in [2.75, 3.05) is 6.54 Å². The summed E-state index contributed by atoms with van der Waals surface area (Å²) < 4.78 is 2.32. The van der Waals surface area contributed by atoms with Crippen LogP contribution in [0, 0.1) is 5.92 Å². The fourth-order valence-corrected chi connectivity index (χ4v) is 3.19. The maximum absolute atomic E-state index is 6.14. The molecule has 2 aromatic rings. The van der Waals surface area contributed by atoms with Crippen LogP contribution < -0.4 is 5.32 Å². The zero-order chi connectivity index (χ0) is 13.6. The van der Waals surface area contributed by atoms with Crippen LogP contribution in [0.4, 0.5) is 0 Å². The Labute approximate surface area is 119 Å². The lowest BCUT2D eigenvalue weighted by Crippen LogP contribution is -2.22. The third-order valence-electron chi connectivity index (χ3n) is 4.01. The predicted octanol–water partition coefficient (Wildman–Crippen LogP) is 3.94. The van der Waals surface area contributed by atoms with Crippen LogP contribution in [0.1, 0.15) is 45.1 Å². The van der Waals surface area contributed by atoms with Crippen LogP contribution in [0.2, 0.25) is 5.02 Å². The van der Waals surface area contributed by atoms with Crippen molar-refractivity contribution in [1.82, 2.24) is 14.9 Å². The molecule has 19 heavy (non-hydrogen) atoms. The Morgan fingerprint density at radius 3 is 2.84 bits per heavy atom. The van der Waals surface area contributed by atoms with Gasteiger partial charge in [-0.25, -0.2) is 4.98 Å². The molecule has 0 aliphatic carbocycles. The minimum absolute atomic E-state index is 0.355. The molecule has 0 spiro atoms. The lowest BCUT2D eigenvalue weighted by molar-refractivity contribution is 0.444. The average Bonchev–Trinajstić information content (AvgIpc) is 2.91. The molecule has 1 fully saturated rings. The summed E-state index contributed by atoms with van der Waals surface area (Å²) in [5.41, 5.74) is 2.17. The molecule has 0 bridgehead atoms. The van der Waals surface area contributed by atoms with Crippen LogP contribution in [0.15, 0.2) is 18.2 Å². The van der Waals surface area contributed by atoms with Gasteiger partial charge >= 0.3 is 0 Å². The van der Waals surface area contributed by atoms with E-state index in [1.807, 2.05) is 18.2 Å². The van der Waals surface area contributed by atoms with Gasteiger partial charge in [0.2, 0.25) is 0 Å². The van der Waals surface area contributed by atoms with E-state index in [-0.39, 0.29) is 0 Å². The van der Waals surface area contributed by atoms with E-state index in [0.717, 1.165) is 28.4 Å². The Balaban J connectivity index is 2.20. The first-order chi connectivity index (χ1) is 9.08. The molecule has 3 nitrogen and oxygen atoms in total. The molecule has 1 aliphatic heterocycles. The van der Waals surface area contributed by atoms with Gasteiger partial charge in [0, 0.05) is 11.1 Å². The average molecular weight is 278 g/mol. The highest BCUT2D eigenvalue weighted by Crippen LogP contribution is 2.33. The fraction of sp³-hybridized carbons (Fsp3) is 0.533. The Morgan fingerprint density at radius 1 is 1.42 bits per heavy atom. The van der Waals surface area contributed by atoms with E-state index in [9.17, 15) is 0 Å². The zero-order valence-corrected chi connectivity index (χ0v) is 12.4. The second kappa shape index (κ2) is 4.80. The van der Waals surface area contributed by atoms with Gasteiger partial charge < -0.3 is 9.88 Å². The number of aromatic nitrogens is 2. The first-order valence-corrected chi connectivity index (χ1v) is 7.36. The highest BCUT2D eigenvalue weighted by atomic mass is 35.5. The second-order valence-corrected chi connectivity index (χ2v) is 6.20. The smallest absolute Gasteiger partial charge is 0.127 e.